The van der Waals surface area contributed by atoms with Crippen LogP contribution in [0.4, 0.5) is 10.1 Å². The Kier molecular flexibility index (Phi) is 5.31. The summed E-state index contributed by atoms with van der Waals surface area (Å²) in [5, 5.41) is 24.3. The first-order valence-corrected chi connectivity index (χ1v) is 7.63. The lowest BCUT2D eigenvalue weighted by molar-refractivity contribution is 0.234. The van der Waals surface area contributed by atoms with Gasteiger partial charge in [0.15, 0.2) is 11.5 Å². The number of hydrogen-bond donors (Lipinski definition) is 2. The van der Waals surface area contributed by atoms with Crippen LogP contribution >= 0.6 is 11.6 Å². The molecule has 0 unspecified atom stereocenters. The number of amidine groups is 1. The van der Waals surface area contributed by atoms with E-state index in [0.717, 1.165) is 6.42 Å². The van der Waals surface area contributed by atoms with E-state index in [0.29, 0.717) is 24.3 Å². The fraction of sp³-hybridized carbons (Fsp3) is 0.214. The molecule has 2 aromatic heterocycles. The van der Waals surface area contributed by atoms with Crippen molar-refractivity contribution >= 4 is 23.1 Å². The first kappa shape index (κ1) is 17.0. The number of aryl methyl sites for hydroxylation is 2. The maximum absolute atomic E-state index is 13.2. The molecular formula is C14H13ClFN7O2. The number of benzene rings is 1. The summed E-state index contributed by atoms with van der Waals surface area (Å²) in [4.78, 5) is 4.16. The topological polar surface area (TPSA) is 114 Å². The zero-order valence-electron chi connectivity index (χ0n) is 12.8. The molecule has 2 N–H and O–H groups in total. The second kappa shape index (κ2) is 7.81. The molecule has 3 rings (SSSR count). The van der Waals surface area contributed by atoms with Crippen molar-refractivity contribution in [2.45, 2.75) is 19.4 Å². The average Bonchev–Trinajstić information content (AvgIpc) is 3.28. The van der Waals surface area contributed by atoms with Crippen molar-refractivity contribution in [3.8, 4) is 0 Å². The molecule has 11 heteroatoms. The predicted molar refractivity (Wildman–Crippen MR) is 85.2 cm³/mol. The highest BCUT2D eigenvalue weighted by atomic mass is 35.5. The quantitative estimate of drug-likeness (QED) is 0.390. The van der Waals surface area contributed by atoms with Gasteiger partial charge in [-0.25, -0.2) is 14.0 Å². The van der Waals surface area contributed by atoms with Gasteiger partial charge in [0.1, 0.15) is 24.2 Å². The summed E-state index contributed by atoms with van der Waals surface area (Å²) < 4.78 is 19.8. The smallest absolute Gasteiger partial charge is 0.181 e. The molecule has 130 valence electrons. The van der Waals surface area contributed by atoms with Crippen molar-refractivity contribution in [2.24, 2.45) is 4.99 Å². The third-order valence-electron chi connectivity index (χ3n) is 3.33. The fourth-order valence-electron chi connectivity index (χ4n) is 2.13. The monoisotopic (exact) mass is 365 g/mol. The maximum atomic E-state index is 13.2. The van der Waals surface area contributed by atoms with Crippen LogP contribution in [0.1, 0.15) is 17.8 Å². The fourth-order valence-corrected chi connectivity index (χ4v) is 2.31. The number of nitrogens with one attached hydrogen (secondary N) is 1. The normalized spacial score (nSPS) is 11.7. The molecule has 0 bridgehead atoms. The molecular weight excluding hydrogens is 353 g/mol. The standard InChI is InChI=1S/C14H13ClFN7O2/c15-10-6-9(3-4-11(10)16)19-14(20-24)13-12(21-25-22-13)2-1-5-23-7-17-18-8-23/h3-4,6-8,24H,1-2,5H2,(H,19,20). The van der Waals surface area contributed by atoms with Crippen molar-refractivity contribution in [3.05, 3.63) is 53.1 Å². The molecule has 0 aliphatic carbocycles. The highest BCUT2D eigenvalue weighted by Crippen LogP contribution is 2.22. The predicted octanol–water partition coefficient (Wildman–Crippen LogP) is 2.14. The van der Waals surface area contributed by atoms with Crippen molar-refractivity contribution in [1.29, 1.82) is 0 Å². The van der Waals surface area contributed by atoms with Gasteiger partial charge in [-0.05, 0) is 36.2 Å². The van der Waals surface area contributed by atoms with E-state index in [1.165, 1.54) is 18.2 Å². The van der Waals surface area contributed by atoms with E-state index >= 15 is 0 Å². The van der Waals surface area contributed by atoms with Crippen LogP contribution in [0, 0.1) is 5.82 Å². The highest BCUT2D eigenvalue weighted by molar-refractivity contribution is 6.31. The molecule has 0 amide bonds. The van der Waals surface area contributed by atoms with Crippen LogP contribution in [0.5, 0.6) is 0 Å². The van der Waals surface area contributed by atoms with Crippen LogP contribution in [0.25, 0.3) is 0 Å². The zero-order chi connectivity index (χ0) is 17.6. The first-order valence-electron chi connectivity index (χ1n) is 7.25. The van der Waals surface area contributed by atoms with Crippen molar-refractivity contribution in [2.75, 3.05) is 0 Å². The van der Waals surface area contributed by atoms with Gasteiger partial charge < -0.3 is 4.57 Å². The summed E-state index contributed by atoms with van der Waals surface area (Å²) in [6.07, 6.45) is 4.48. The molecule has 0 saturated heterocycles. The van der Waals surface area contributed by atoms with Crippen LogP contribution in [0.2, 0.25) is 5.02 Å². The number of aromatic nitrogens is 5. The molecule has 3 aromatic rings. The minimum Gasteiger partial charge on any atom is -0.320 e. The van der Waals surface area contributed by atoms with Crippen molar-refractivity contribution in [3.63, 3.8) is 0 Å². The van der Waals surface area contributed by atoms with Crippen molar-refractivity contribution in [1.82, 2.24) is 30.6 Å². The molecule has 9 nitrogen and oxygen atoms in total. The molecule has 0 aliphatic rings. The van der Waals surface area contributed by atoms with Gasteiger partial charge in [0.05, 0.1) is 10.7 Å². The summed E-state index contributed by atoms with van der Waals surface area (Å²) in [7, 11) is 0. The zero-order valence-corrected chi connectivity index (χ0v) is 13.6. The molecule has 0 saturated carbocycles. The summed E-state index contributed by atoms with van der Waals surface area (Å²) in [5.41, 5.74) is 3.06. The van der Waals surface area contributed by atoms with Crippen molar-refractivity contribution < 1.29 is 14.2 Å². The largest absolute Gasteiger partial charge is 0.320 e. The Balaban J connectivity index is 1.75. The SMILES string of the molecule is ONC(=Nc1ccc(F)c(Cl)c1)c1nonc1CCCn1cnnc1. The highest BCUT2D eigenvalue weighted by Gasteiger charge is 2.16. The van der Waals surface area contributed by atoms with Crippen LogP contribution in [0.15, 0.2) is 40.5 Å². The van der Waals surface area contributed by atoms with Crippen LogP contribution in [-0.2, 0) is 13.0 Å². The van der Waals surface area contributed by atoms with Gasteiger partial charge in [-0.2, -0.15) is 0 Å². The number of hydrogen-bond acceptors (Lipinski definition) is 7. The third kappa shape index (κ3) is 4.17. The molecule has 0 atom stereocenters. The number of aliphatic imine (C=N–C) groups is 1. The van der Waals surface area contributed by atoms with E-state index in [-0.39, 0.29) is 16.6 Å². The lowest BCUT2D eigenvalue weighted by atomic mass is 10.2. The van der Waals surface area contributed by atoms with Gasteiger partial charge in [0.2, 0.25) is 0 Å². The molecule has 1 aromatic carbocycles. The van der Waals surface area contributed by atoms with Gasteiger partial charge in [-0.1, -0.05) is 16.8 Å². The molecule has 0 fully saturated rings. The molecule has 2 heterocycles. The maximum Gasteiger partial charge on any atom is 0.181 e. The van der Waals surface area contributed by atoms with E-state index in [1.54, 1.807) is 12.7 Å². The Bertz CT molecular complexity index is 866. The summed E-state index contributed by atoms with van der Waals surface area (Å²) in [6, 6.07) is 3.92. The van der Waals surface area contributed by atoms with Crippen LogP contribution in [-0.4, -0.2) is 36.1 Å². The second-order valence-corrected chi connectivity index (χ2v) is 5.44. The Morgan fingerprint density at radius 1 is 1.32 bits per heavy atom. The van der Waals surface area contributed by atoms with Gasteiger partial charge in [0, 0.05) is 6.54 Å². The average molecular weight is 366 g/mol. The van der Waals surface area contributed by atoms with Gasteiger partial charge >= 0.3 is 0 Å². The Morgan fingerprint density at radius 3 is 2.84 bits per heavy atom. The third-order valence-corrected chi connectivity index (χ3v) is 3.62. The number of rotatable bonds is 6. The minimum absolute atomic E-state index is 0.0169. The van der Waals surface area contributed by atoms with E-state index in [1.807, 2.05) is 10.0 Å². The number of hydroxylamine groups is 1. The Hall–Kier alpha value is -2.85. The Morgan fingerprint density at radius 2 is 2.12 bits per heavy atom. The molecule has 0 spiro atoms. The molecule has 25 heavy (non-hydrogen) atoms. The van der Waals surface area contributed by atoms with E-state index < -0.39 is 5.82 Å². The Labute approximate surface area is 146 Å². The number of nitrogens with zero attached hydrogens (tertiary/aromatic N) is 6. The van der Waals surface area contributed by atoms with Gasteiger partial charge in [-0.3, -0.25) is 10.7 Å². The lowest BCUT2D eigenvalue weighted by Crippen LogP contribution is -2.22. The van der Waals surface area contributed by atoms with Gasteiger partial charge in [-0.15, -0.1) is 10.2 Å². The van der Waals surface area contributed by atoms with E-state index in [9.17, 15) is 9.60 Å². The van der Waals surface area contributed by atoms with E-state index in [4.69, 9.17) is 16.2 Å². The lowest BCUT2D eigenvalue weighted by Gasteiger charge is -2.04. The van der Waals surface area contributed by atoms with Gasteiger partial charge in [0.25, 0.3) is 0 Å². The summed E-state index contributed by atoms with van der Waals surface area (Å²) in [6.45, 7) is 0.686. The van der Waals surface area contributed by atoms with Crippen LogP contribution in [0.3, 0.4) is 0 Å². The van der Waals surface area contributed by atoms with Crippen LogP contribution < -0.4 is 5.48 Å². The second-order valence-electron chi connectivity index (χ2n) is 5.03. The summed E-state index contributed by atoms with van der Waals surface area (Å²) in [5.74, 6) is -0.542. The summed E-state index contributed by atoms with van der Waals surface area (Å²) >= 11 is 5.73. The molecule has 0 radical (unpaired) electrons. The first-order chi connectivity index (χ1) is 12.2. The van der Waals surface area contributed by atoms with E-state index in [2.05, 4.69) is 25.5 Å². The number of halogens is 2. The minimum atomic E-state index is -0.558. The molecule has 0 aliphatic heterocycles.